The first-order valence-corrected chi connectivity index (χ1v) is 9.69. The molecule has 9 heteroatoms. The molecule has 0 aliphatic carbocycles. The summed E-state index contributed by atoms with van der Waals surface area (Å²) in [5.74, 6) is -1.61. The van der Waals surface area contributed by atoms with Crippen molar-refractivity contribution in [3.8, 4) is 0 Å². The average Bonchev–Trinajstić information content (AvgIpc) is 2.53. The molecule has 1 saturated heterocycles. The number of nitrogens with zero attached hydrogens (tertiary/aromatic N) is 1. The second kappa shape index (κ2) is 8.20. The van der Waals surface area contributed by atoms with Crippen molar-refractivity contribution in [1.82, 2.24) is 9.62 Å². The number of halogens is 2. The summed E-state index contributed by atoms with van der Waals surface area (Å²) in [4.78, 5) is 12.3. The molecule has 0 atom stereocenters. The number of carbonyl (C=O) groups is 1. The Kier molecular flexibility index (Phi) is 6.47. The number of nitrogens with one attached hydrogen (secondary N) is 2. The summed E-state index contributed by atoms with van der Waals surface area (Å²) in [6.45, 7) is 6.19. The summed E-state index contributed by atoms with van der Waals surface area (Å²) in [6.07, 6.45) is 0. The molecular weight excluding hydrogens is 352 g/mol. The van der Waals surface area contributed by atoms with E-state index in [0.717, 1.165) is 17.0 Å². The van der Waals surface area contributed by atoms with Crippen LogP contribution in [0.4, 0.5) is 8.78 Å². The number of benzene rings is 1. The van der Waals surface area contributed by atoms with Crippen molar-refractivity contribution in [3.63, 3.8) is 0 Å². The minimum Gasteiger partial charge on any atom is -0.351 e. The van der Waals surface area contributed by atoms with Crippen LogP contribution in [0, 0.1) is 17.6 Å². The zero-order valence-corrected chi connectivity index (χ0v) is 15.2. The van der Waals surface area contributed by atoms with Gasteiger partial charge in [0, 0.05) is 12.6 Å². The van der Waals surface area contributed by atoms with Crippen molar-refractivity contribution in [2.45, 2.75) is 18.7 Å². The molecule has 1 aliphatic rings. The predicted molar refractivity (Wildman–Crippen MR) is 88.5 cm³/mol. The van der Waals surface area contributed by atoms with E-state index in [0.29, 0.717) is 31.6 Å². The lowest BCUT2D eigenvalue weighted by Crippen LogP contribution is -3.15. The Balaban J connectivity index is 1.94. The molecular formula is C16H24F2N3O3S+. The van der Waals surface area contributed by atoms with Gasteiger partial charge in [0.15, 0.2) is 6.54 Å². The van der Waals surface area contributed by atoms with Gasteiger partial charge in [-0.25, -0.2) is 17.2 Å². The Labute approximate surface area is 146 Å². The van der Waals surface area contributed by atoms with E-state index in [1.807, 2.05) is 13.8 Å². The predicted octanol–water partition coefficient (Wildman–Crippen LogP) is -0.374. The Bertz CT molecular complexity index is 717. The van der Waals surface area contributed by atoms with Crippen LogP contribution in [0.2, 0.25) is 0 Å². The van der Waals surface area contributed by atoms with Crippen LogP contribution in [0.15, 0.2) is 23.1 Å². The molecule has 0 bridgehead atoms. The topological polar surface area (TPSA) is 70.9 Å². The number of hydrogen-bond donors (Lipinski definition) is 2. The summed E-state index contributed by atoms with van der Waals surface area (Å²) in [5.41, 5.74) is 0. The second-order valence-corrected chi connectivity index (χ2v) is 8.51. The summed E-state index contributed by atoms with van der Waals surface area (Å²) < 4.78 is 53.0. The third-order valence-electron chi connectivity index (χ3n) is 4.06. The summed E-state index contributed by atoms with van der Waals surface area (Å²) in [5, 5.41) is 2.83. The first kappa shape index (κ1) is 19.7. The molecule has 2 rings (SSSR count). The SMILES string of the molecule is CC(C)CNC(=O)C[NH+]1CCN(S(=O)(=O)c2ccc(F)cc2F)CC1. The zero-order chi connectivity index (χ0) is 18.6. The molecule has 1 heterocycles. The normalized spacial score (nSPS) is 17.0. The van der Waals surface area contributed by atoms with Gasteiger partial charge < -0.3 is 10.2 Å². The van der Waals surface area contributed by atoms with Crippen LogP contribution in [0.25, 0.3) is 0 Å². The number of hydrogen-bond acceptors (Lipinski definition) is 3. The fraction of sp³-hybridized carbons (Fsp3) is 0.562. The van der Waals surface area contributed by atoms with E-state index in [2.05, 4.69) is 5.32 Å². The number of piperazine rings is 1. The summed E-state index contributed by atoms with van der Waals surface area (Å²) in [7, 11) is -4.01. The highest BCUT2D eigenvalue weighted by atomic mass is 32.2. The molecule has 0 aromatic heterocycles. The molecule has 1 aromatic rings. The Hall–Kier alpha value is -1.58. The molecule has 2 N–H and O–H groups in total. The van der Waals surface area contributed by atoms with Crippen LogP contribution < -0.4 is 10.2 Å². The van der Waals surface area contributed by atoms with E-state index >= 15 is 0 Å². The summed E-state index contributed by atoms with van der Waals surface area (Å²) in [6, 6.07) is 2.43. The Morgan fingerprint density at radius 3 is 2.48 bits per heavy atom. The van der Waals surface area contributed by atoms with E-state index < -0.39 is 26.6 Å². The van der Waals surface area contributed by atoms with Crippen molar-refractivity contribution < 1.29 is 26.9 Å². The van der Waals surface area contributed by atoms with Crippen LogP contribution in [0.3, 0.4) is 0 Å². The van der Waals surface area contributed by atoms with Crippen LogP contribution in [0.5, 0.6) is 0 Å². The lowest BCUT2D eigenvalue weighted by molar-refractivity contribution is -0.895. The number of quaternary nitrogens is 1. The largest absolute Gasteiger partial charge is 0.351 e. The molecule has 0 spiro atoms. The highest BCUT2D eigenvalue weighted by Gasteiger charge is 2.32. The van der Waals surface area contributed by atoms with Gasteiger partial charge in [-0.05, 0) is 18.1 Å². The fourth-order valence-electron chi connectivity index (χ4n) is 2.65. The van der Waals surface area contributed by atoms with E-state index in [1.54, 1.807) is 0 Å². The fourth-order valence-corrected chi connectivity index (χ4v) is 4.14. The van der Waals surface area contributed by atoms with Crippen molar-refractivity contribution in [1.29, 1.82) is 0 Å². The van der Waals surface area contributed by atoms with Crippen molar-refractivity contribution >= 4 is 15.9 Å². The van der Waals surface area contributed by atoms with Crippen LogP contribution in [-0.4, -0.2) is 57.9 Å². The smallest absolute Gasteiger partial charge is 0.275 e. The van der Waals surface area contributed by atoms with Gasteiger partial charge in [0.25, 0.3) is 5.91 Å². The number of sulfonamides is 1. The van der Waals surface area contributed by atoms with Gasteiger partial charge in [-0.2, -0.15) is 4.31 Å². The summed E-state index contributed by atoms with van der Waals surface area (Å²) >= 11 is 0. The quantitative estimate of drug-likeness (QED) is 0.712. The van der Waals surface area contributed by atoms with E-state index in [-0.39, 0.29) is 25.5 Å². The van der Waals surface area contributed by atoms with E-state index in [4.69, 9.17) is 0 Å². The average molecular weight is 376 g/mol. The van der Waals surface area contributed by atoms with Crippen LogP contribution in [-0.2, 0) is 14.8 Å². The molecule has 0 radical (unpaired) electrons. The maximum atomic E-state index is 13.8. The highest BCUT2D eigenvalue weighted by Crippen LogP contribution is 2.20. The molecule has 1 fully saturated rings. The monoisotopic (exact) mass is 376 g/mol. The lowest BCUT2D eigenvalue weighted by atomic mass is 10.2. The van der Waals surface area contributed by atoms with Crippen molar-refractivity contribution in [2.24, 2.45) is 5.92 Å². The van der Waals surface area contributed by atoms with Gasteiger partial charge in [0.2, 0.25) is 10.0 Å². The van der Waals surface area contributed by atoms with Crippen LogP contribution in [0.1, 0.15) is 13.8 Å². The number of amides is 1. The van der Waals surface area contributed by atoms with Crippen molar-refractivity contribution in [2.75, 3.05) is 39.3 Å². The standard InChI is InChI=1S/C16H23F2N3O3S/c1-12(2)10-19-16(22)11-20-5-7-21(8-6-20)25(23,24)15-4-3-13(17)9-14(15)18/h3-4,9,12H,5-8,10-11H2,1-2H3,(H,19,22)/p+1. The number of rotatable bonds is 6. The third-order valence-corrected chi connectivity index (χ3v) is 5.99. The minimum absolute atomic E-state index is 0.0652. The Morgan fingerprint density at radius 1 is 1.28 bits per heavy atom. The van der Waals surface area contributed by atoms with Gasteiger partial charge in [-0.15, -0.1) is 0 Å². The van der Waals surface area contributed by atoms with Gasteiger partial charge in [-0.1, -0.05) is 13.8 Å². The molecule has 140 valence electrons. The highest BCUT2D eigenvalue weighted by molar-refractivity contribution is 7.89. The third kappa shape index (κ3) is 5.20. The molecule has 25 heavy (non-hydrogen) atoms. The van der Waals surface area contributed by atoms with E-state index in [1.165, 1.54) is 4.31 Å². The molecule has 1 amide bonds. The maximum absolute atomic E-state index is 13.8. The molecule has 0 unspecified atom stereocenters. The molecule has 1 aromatic carbocycles. The molecule has 6 nitrogen and oxygen atoms in total. The van der Waals surface area contributed by atoms with Crippen LogP contribution >= 0.6 is 0 Å². The number of carbonyl (C=O) groups excluding carboxylic acids is 1. The zero-order valence-electron chi connectivity index (χ0n) is 14.4. The maximum Gasteiger partial charge on any atom is 0.275 e. The van der Waals surface area contributed by atoms with Gasteiger partial charge in [0.05, 0.1) is 26.2 Å². The van der Waals surface area contributed by atoms with Gasteiger partial charge >= 0.3 is 0 Å². The minimum atomic E-state index is -4.01. The van der Waals surface area contributed by atoms with E-state index in [9.17, 15) is 22.0 Å². The first-order valence-electron chi connectivity index (χ1n) is 8.25. The second-order valence-electron chi connectivity index (χ2n) is 6.60. The molecule has 1 aliphatic heterocycles. The van der Waals surface area contributed by atoms with Gasteiger partial charge in [-0.3, -0.25) is 4.79 Å². The first-order chi connectivity index (χ1) is 11.7. The van der Waals surface area contributed by atoms with Crippen molar-refractivity contribution in [3.05, 3.63) is 29.8 Å². The Morgan fingerprint density at radius 2 is 1.92 bits per heavy atom. The molecule has 0 saturated carbocycles. The van der Waals surface area contributed by atoms with Gasteiger partial charge in [0.1, 0.15) is 16.5 Å². The lowest BCUT2D eigenvalue weighted by Gasteiger charge is -2.31.